The van der Waals surface area contributed by atoms with Gasteiger partial charge in [0.05, 0.1) is 12.2 Å². The van der Waals surface area contributed by atoms with E-state index in [1.165, 1.54) is 11.8 Å². The van der Waals surface area contributed by atoms with E-state index in [1.54, 1.807) is 11.2 Å². The van der Waals surface area contributed by atoms with Crippen LogP contribution in [-0.4, -0.2) is 39.7 Å². The summed E-state index contributed by atoms with van der Waals surface area (Å²) in [6, 6.07) is 14.9. The Morgan fingerprint density at radius 1 is 1.13 bits per heavy atom. The van der Waals surface area contributed by atoms with Gasteiger partial charge < -0.3 is 19.5 Å². The fraction of sp³-hybridized carbons (Fsp3) is 0.238. The highest BCUT2D eigenvalue weighted by molar-refractivity contribution is 7.99. The van der Waals surface area contributed by atoms with Crippen molar-refractivity contribution in [3.05, 3.63) is 54.9 Å². The van der Waals surface area contributed by atoms with Crippen molar-refractivity contribution in [2.45, 2.75) is 22.9 Å². The molecule has 154 valence electrons. The molecule has 0 bridgehead atoms. The van der Waals surface area contributed by atoms with Crippen LogP contribution in [0.5, 0.6) is 5.75 Å². The Morgan fingerprint density at radius 3 is 2.70 bits per heavy atom. The number of benzene rings is 2. The van der Waals surface area contributed by atoms with E-state index in [1.807, 2.05) is 60.1 Å². The maximum absolute atomic E-state index is 12.6. The number of hydrogen-bond donors (Lipinski definition) is 1. The molecule has 2 amide bonds. The number of aromatic nitrogens is 3. The Kier molecular flexibility index (Phi) is 5.99. The minimum Gasteiger partial charge on any atom is -0.490 e. The van der Waals surface area contributed by atoms with Gasteiger partial charge in [-0.3, -0.25) is 9.59 Å². The van der Waals surface area contributed by atoms with Gasteiger partial charge in [0, 0.05) is 30.5 Å². The van der Waals surface area contributed by atoms with E-state index in [2.05, 4.69) is 15.5 Å². The Hall–Kier alpha value is -3.33. The average Bonchev–Trinajstić information content (AvgIpc) is 3.17. The van der Waals surface area contributed by atoms with Gasteiger partial charge in [0.25, 0.3) is 0 Å². The number of ether oxygens (including phenoxy) is 1. The lowest BCUT2D eigenvalue weighted by Crippen LogP contribution is -2.38. The summed E-state index contributed by atoms with van der Waals surface area (Å²) in [5.41, 5.74) is 1.44. The summed E-state index contributed by atoms with van der Waals surface area (Å²) < 4.78 is 7.41. The van der Waals surface area contributed by atoms with Crippen LogP contribution in [-0.2, 0) is 16.6 Å². The van der Waals surface area contributed by atoms with E-state index in [9.17, 15) is 9.59 Å². The number of carbonyl (C=O) groups is 2. The van der Waals surface area contributed by atoms with E-state index < -0.39 is 0 Å². The second-order valence-electron chi connectivity index (χ2n) is 6.76. The van der Waals surface area contributed by atoms with Crippen LogP contribution in [0.2, 0.25) is 0 Å². The summed E-state index contributed by atoms with van der Waals surface area (Å²) in [6.45, 7) is 0.940. The minimum absolute atomic E-state index is 0.0867. The second-order valence-corrected chi connectivity index (χ2v) is 7.80. The van der Waals surface area contributed by atoms with Crippen LogP contribution < -0.4 is 15.0 Å². The molecular weight excluding hydrogens is 402 g/mol. The Morgan fingerprint density at radius 2 is 1.93 bits per heavy atom. The molecule has 0 radical (unpaired) electrons. The fourth-order valence-corrected chi connectivity index (χ4v) is 3.85. The molecule has 2 aromatic carbocycles. The van der Waals surface area contributed by atoms with Crippen LogP contribution in [0.4, 0.5) is 11.4 Å². The highest BCUT2D eigenvalue weighted by Gasteiger charge is 2.23. The maximum atomic E-state index is 12.6. The van der Waals surface area contributed by atoms with E-state index >= 15 is 0 Å². The Labute approximate surface area is 178 Å². The smallest absolute Gasteiger partial charge is 0.227 e. The van der Waals surface area contributed by atoms with Gasteiger partial charge >= 0.3 is 0 Å². The summed E-state index contributed by atoms with van der Waals surface area (Å²) in [7, 11) is 1.88. The van der Waals surface area contributed by atoms with E-state index in [4.69, 9.17) is 4.74 Å². The molecule has 9 heteroatoms. The number of anilines is 2. The number of para-hydroxylation sites is 2. The van der Waals surface area contributed by atoms with Crippen molar-refractivity contribution in [2.75, 3.05) is 23.4 Å². The van der Waals surface area contributed by atoms with Crippen molar-refractivity contribution in [1.82, 2.24) is 14.8 Å². The van der Waals surface area contributed by atoms with E-state index in [-0.39, 0.29) is 24.7 Å². The first-order chi connectivity index (χ1) is 14.6. The number of carbonyl (C=O) groups excluding carboxylic acids is 2. The van der Waals surface area contributed by atoms with Crippen molar-refractivity contribution < 1.29 is 14.3 Å². The molecule has 0 unspecified atom stereocenters. The maximum Gasteiger partial charge on any atom is 0.227 e. The highest BCUT2D eigenvalue weighted by atomic mass is 32.2. The summed E-state index contributed by atoms with van der Waals surface area (Å²) in [5, 5.41) is 11.5. The predicted molar refractivity (Wildman–Crippen MR) is 114 cm³/mol. The molecule has 1 aliphatic rings. The van der Waals surface area contributed by atoms with Gasteiger partial charge in [-0.2, -0.15) is 0 Å². The van der Waals surface area contributed by atoms with Gasteiger partial charge in [0.15, 0.2) is 5.16 Å². The quantitative estimate of drug-likeness (QED) is 0.655. The molecule has 3 aromatic rings. The van der Waals surface area contributed by atoms with Crippen molar-refractivity contribution in [2.24, 2.45) is 7.05 Å². The molecule has 1 aromatic heterocycles. The average molecular weight is 423 g/mol. The van der Waals surface area contributed by atoms with Crippen LogP contribution in [0.25, 0.3) is 0 Å². The van der Waals surface area contributed by atoms with Gasteiger partial charge in [0.2, 0.25) is 11.8 Å². The van der Waals surface area contributed by atoms with Crippen molar-refractivity contribution >= 4 is 35.0 Å². The SMILES string of the molecule is Cn1cnnc1Sc1ccc(NC(=O)CCC(=O)N2CCOc3ccccc32)cc1. The molecule has 2 heterocycles. The molecule has 0 atom stereocenters. The molecule has 0 fully saturated rings. The summed E-state index contributed by atoms with van der Waals surface area (Å²) >= 11 is 1.49. The third-order valence-electron chi connectivity index (χ3n) is 4.61. The Bertz CT molecular complexity index is 1050. The van der Waals surface area contributed by atoms with Gasteiger partial charge in [-0.25, -0.2) is 0 Å². The van der Waals surface area contributed by atoms with Crippen LogP contribution in [0.3, 0.4) is 0 Å². The third-order valence-corrected chi connectivity index (χ3v) is 5.67. The van der Waals surface area contributed by atoms with E-state index in [0.717, 1.165) is 15.7 Å². The molecule has 0 aliphatic carbocycles. The van der Waals surface area contributed by atoms with Crippen molar-refractivity contribution in [3.63, 3.8) is 0 Å². The lowest BCUT2D eigenvalue weighted by Gasteiger charge is -2.29. The zero-order valence-electron chi connectivity index (χ0n) is 16.4. The van der Waals surface area contributed by atoms with Crippen molar-refractivity contribution in [1.29, 1.82) is 0 Å². The molecule has 1 N–H and O–H groups in total. The topological polar surface area (TPSA) is 89.3 Å². The molecule has 0 saturated heterocycles. The number of rotatable bonds is 6. The molecular formula is C21H21N5O3S. The first-order valence-electron chi connectivity index (χ1n) is 9.54. The predicted octanol–water partition coefficient (Wildman–Crippen LogP) is 3.11. The zero-order valence-corrected chi connectivity index (χ0v) is 17.3. The lowest BCUT2D eigenvalue weighted by atomic mass is 10.2. The number of nitrogens with one attached hydrogen (secondary N) is 1. The molecule has 0 spiro atoms. The van der Waals surface area contributed by atoms with E-state index in [0.29, 0.717) is 24.6 Å². The number of hydrogen-bond acceptors (Lipinski definition) is 6. The highest BCUT2D eigenvalue weighted by Crippen LogP contribution is 2.31. The van der Waals surface area contributed by atoms with Crippen LogP contribution >= 0.6 is 11.8 Å². The standard InChI is InChI=1S/C21H21N5O3S/c1-25-14-22-24-21(25)30-16-8-6-15(7-9-16)23-19(27)10-11-20(28)26-12-13-29-18-5-3-2-4-17(18)26/h2-9,14H,10-13H2,1H3,(H,23,27). The Balaban J connectivity index is 1.29. The molecule has 4 rings (SSSR count). The first kappa shape index (κ1) is 20.0. The van der Waals surface area contributed by atoms with Gasteiger partial charge in [-0.05, 0) is 48.2 Å². The number of nitrogens with zero attached hydrogens (tertiary/aromatic N) is 4. The second kappa shape index (κ2) is 9.00. The zero-order chi connectivity index (χ0) is 20.9. The molecule has 30 heavy (non-hydrogen) atoms. The van der Waals surface area contributed by atoms with Gasteiger partial charge in [-0.15, -0.1) is 10.2 Å². The third kappa shape index (κ3) is 4.62. The van der Waals surface area contributed by atoms with Crippen LogP contribution in [0.1, 0.15) is 12.8 Å². The minimum atomic E-state index is -0.196. The summed E-state index contributed by atoms with van der Waals surface area (Å²) in [4.78, 5) is 27.6. The molecule has 8 nitrogen and oxygen atoms in total. The first-order valence-corrected chi connectivity index (χ1v) is 10.4. The van der Waals surface area contributed by atoms with Gasteiger partial charge in [0.1, 0.15) is 18.7 Å². The normalized spacial score (nSPS) is 12.8. The molecule has 1 aliphatic heterocycles. The monoisotopic (exact) mass is 423 g/mol. The van der Waals surface area contributed by atoms with Crippen LogP contribution in [0.15, 0.2) is 64.9 Å². The lowest BCUT2D eigenvalue weighted by molar-refractivity contribution is -0.122. The van der Waals surface area contributed by atoms with Crippen LogP contribution in [0, 0.1) is 0 Å². The number of amides is 2. The fourth-order valence-electron chi connectivity index (χ4n) is 3.08. The summed E-state index contributed by atoms with van der Waals surface area (Å²) in [5.74, 6) is 0.413. The van der Waals surface area contributed by atoms with Gasteiger partial charge in [-0.1, -0.05) is 12.1 Å². The number of fused-ring (bicyclic) bond motifs is 1. The van der Waals surface area contributed by atoms with Crippen molar-refractivity contribution in [3.8, 4) is 5.75 Å². The number of aryl methyl sites for hydroxylation is 1. The largest absolute Gasteiger partial charge is 0.490 e. The summed E-state index contributed by atoms with van der Waals surface area (Å²) in [6.07, 6.45) is 1.90. The molecule has 0 saturated carbocycles.